The van der Waals surface area contributed by atoms with E-state index in [0.717, 1.165) is 29.9 Å². The van der Waals surface area contributed by atoms with Crippen LogP contribution in [0.2, 0.25) is 0 Å². The summed E-state index contributed by atoms with van der Waals surface area (Å²) in [6.45, 7) is 7.29. The smallest absolute Gasteiger partial charge is 0.0465 e. The van der Waals surface area contributed by atoms with Gasteiger partial charge in [-0.2, -0.15) is 0 Å². The summed E-state index contributed by atoms with van der Waals surface area (Å²) >= 11 is 0. The molecule has 0 saturated heterocycles. The second-order valence-corrected chi connectivity index (χ2v) is 20.9. The molecule has 12 rings (SSSR count). The number of fused-ring (bicyclic) bond motifs is 5. The molecule has 0 amide bonds. The molecule has 8 aromatic rings. The van der Waals surface area contributed by atoms with E-state index in [1.165, 1.54) is 123 Å². The molecule has 0 aliphatic heterocycles. The summed E-state index contributed by atoms with van der Waals surface area (Å²) in [4.78, 5) is 4.90. The molecule has 2 heteroatoms. The first kappa shape index (κ1) is 41.8. The van der Waals surface area contributed by atoms with Crippen molar-refractivity contribution in [1.82, 2.24) is 0 Å². The van der Waals surface area contributed by atoms with Crippen molar-refractivity contribution < 1.29 is 0 Å². The molecular weight excluding hydrogens is 809 g/mol. The van der Waals surface area contributed by atoms with Crippen molar-refractivity contribution in [3.63, 3.8) is 0 Å². The Morgan fingerprint density at radius 2 is 1.00 bits per heavy atom. The number of para-hydroxylation sites is 2. The summed E-state index contributed by atoms with van der Waals surface area (Å²) in [7, 11) is 0. The SMILES string of the molecule is CC1CCCCC1(c1ccc(N(c2ccccc2)c2ccc(C3CC4CCC3C4)cc2)cc1)c1ccc(N(c2ccccc2)c2ccc3c(c2)C(C)(C)c2cccc(-c4ccccc4)c2-3)cc1. The minimum atomic E-state index is -0.145. The number of benzene rings is 8. The van der Waals surface area contributed by atoms with Gasteiger partial charge in [0.25, 0.3) is 0 Å². The van der Waals surface area contributed by atoms with Gasteiger partial charge in [-0.15, -0.1) is 0 Å². The van der Waals surface area contributed by atoms with Crippen LogP contribution in [0, 0.1) is 17.8 Å². The molecule has 5 atom stereocenters. The Kier molecular flexibility index (Phi) is 10.5. The Hall–Kier alpha value is -6.64. The van der Waals surface area contributed by atoms with Crippen LogP contribution in [-0.4, -0.2) is 0 Å². The summed E-state index contributed by atoms with van der Waals surface area (Å²) < 4.78 is 0. The predicted octanol–water partition coefficient (Wildman–Crippen LogP) is 18.0. The molecular formula is C65H62N2. The molecule has 3 fully saturated rings. The van der Waals surface area contributed by atoms with Crippen molar-refractivity contribution in [3.8, 4) is 22.3 Å². The minimum Gasteiger partial charge on any atom is -0.311 e. The molecule has 5 unspecified atom stereocenters. The van der Waals surface area contributed by atoms with Crippen molar-refractivity contribution in [3.05, 3.63) is 228 Å². The predicted molar refractivity (Wildman–Crippen MR) is 282 cm³/mol. The van der Waals surface area contributed by atoms with Gasteiger partial charge in [-0.3, -0.25) is 0 Å². The van der Waals surface area contributed by atoms with E-state index < -0.39 is 0 Å². The summed E-state index contributed by atoms with van der Waals surface area (Å²) in [5.74, 6) is 3.07. The fourth-order valence-electron chi connectivity index (χ4n) is 13.5. The van der Waals surface area contributed by atoms with E-state index in [9.17, 15) is 0 Å². The fourth-order valence-corrected chi connectivity index (χ4v) is 13.5. The second-order valence-electron chi connectivity index (χ2n) is 20.9. The minimum absolute atomic E-state index is 0.0768. The lowest BCUT2D eigenvalue weighted by Crippen LogP contribution is -2.37. The lowest BCUT2D eigenvalue weighted by Gasteiger charge is -2.44. The summed E-state index contributed by atoms with van der Waals surface area (Å²) in [5.41, 5.74) is 19.3. The number of hydrogen-bond donors (Lipinski definition) is 0. The van der Waals surface area contributed by atoms with Gasteiger partial charge in [-0.05, 0) is 179 Å². The van der Waals surface area contributed by atoms with Gasteiger partial charge in [0, 0.05) is 45.0 Å². The van der Waals surface area contributed by atoms with Crippen LogP contribution in [-0.2, 0) is 10.8 Å². The van der Waals surface area contributed by atoms with Gasteiger partial charge in [0.15, 0.2) is 0 Å². The maximum atomic E-state index is 2.50. The van der Waals surface area contributed by atoms with Crippen LogP contribution in [0.1, 0.15) is 106 Å². The maximum Gasteiger partial charge on any atom is 0.0465 e. The Balaban J connectivity index is 0.890. The zero-order chi connectivity index (χ0) is 45.1. The fraction of sp³-hybridized carbons (Fsp3) is 0.262. The first-order chi connectivity index (χ1) is 32.9. The third kappa shape index (κ3) is 7.14. The average Bonchev–Trinajstić information content (AvgIpc) is 4.09. The molecule has 0 spiro atoms. The van der Waals surface area contributed by atoms with Crippen molar-refractivity contribution in [2.45, 2.75) is 88.9 Å². The molecule has 4 aliphatic carbocycles. The monoisotopic (exact) mass is 870 g/mol. The molecule has 67 heavy (non-hydrogen) atoms. The maximum absolute atomic E-state index is 2.50. The number of rotatable bonds is 10. The number of hydrogen-bond acceptors (Lipinski definition) is 2. The quantitative estimate of drug-likeness (QED) is 0.135. The van der Waals surface area contributed by atoms with Crippen molar-refractivity contribution in [2.75, 3.05) is 9.80 Å². The van der Waals surface area contributed by atoms with Gasteiger partial charge < -0.3 is 9.80 Å². The Labute approximate surface area is 399 Å². The standard InChI is InChI=1S/C65H62N2/c1-45-16-13-14-41-65(45,50-29-35-55(36-30-50)66(52-19-9-5-10-20-52)54-33-27-48(28-34-54)60-43-46-25-26-49(60)42-46)51-31-37-56(38-32-51)67(53-21-11-6-12-22-53)57-39-40-59-62(44-57)64(2,3)61-24-15-23-58(63(59)61)47-17-7-4-8-18-47/h4-12,15,17-24,27-40,44-46,49,60H,13-14,16,25-26,41-43H2,1-3H3. The molecule has 0 N–H and O–H groups in total. The van der Waals surface area contributed by atoms with Crippen LogP contribution in [0.25, 0.3) is 22.3 Å². The molecule has 0 radical (unpaired) electrons. The molecule has 3 saturated carbocycles. The van der Waals surface area contributed by atoms with Gasteiger partial charge in [0.2, 0.25) is 0 Å². The van der Waals surface area contributed by atoms with E-state index in [1.807, 2.05) is 0 Å². The van der Waals surface area contributed by atoms with E-state index in [-0.39, 0.29) is 10.8 Å². The van der Waals surface area contributed by atoms with Crippen LogP contribution < -0.4 is 9.80 Å². The van der Waals surface area contributed by atoms with E-state index in [1.54, 1.807) is 0 Å². The average molecular weight is 871 g/mol. The normalized spacial score (nSPS) is 22.3. The lowest BCUT2D eigenvalue weighted by molar-refractivity contribution is 0.244. The highest BCUT2D eigenvalue weighted by molar-refractivity contribution is 5.94. The van der Waals surface area contributed by atoms with Crippen LogP contribution >= 0.6 is 0 Å². The first-order valence-corrected chi connectivity index (χ1v) is 25.2. The molecule has 4 aliphatic rings. The summed E-state index contributed by atoms with van der Waals surface area (Å²) in [6.07, 6.45) is 10.6. The summed E-state index contributed by atoms with van der Waals surface area (Å²) in [5, 5.41) is 0. The van der Waals surface area contributed by atoms with Crippen molar-refractivity contribution in [1.29, 1.82) is 0 Å². The Morgan fingerprint density at radius 1 is 0.448 bits per heavy atom. The third-order valence-corrected chi connectivity index (χ3v) is 17.0. The highest BCUT2D eigenvalue weighted by Gasteiger charge is 2.43. The number of anilines is 6. The van der Waals surface area contributed by atoms with E-state index in [4.69, 9.17) is 0 Å². The van der Waals surface area contributed by atoms with E-state index in [0.29, 0.717) is 5.92 Å². The van der Waals surface area contributed by atoms with Crippen molar-refractivity contribution in [2.24, 2.45) is 17.8 Å². The molecule has 2 nitrogen and oxygen atoms in total. The first-order valence-electron chi connectivity index (χ1n) is 25.2. The van der Waals surface area contributed by atoms with Gasteiger partial charge in [0.1, 0.15) is 0 Å². The zero-order valence-electron chi connectivity index (χ0n) is 39.4. The molecule has 0 heterocycles. The largest absolute Gasteiger partial charge is 0.311 e. The van der Waals surface area contributed by atoms with Gasteiger partial charge in [0.05, 0.1) is 0 Å². The summed E-state index contributed by atoms with van der Waals surface area (Å²) in [6, 6.07) is 75.7. The van der Waals surface area contributed by atoms with E-state index >= 15 is 0 Å². The van der Waals surface area contributed by atoms with E-state index in [2.05, 4.69) is 231 Å². The highest BCUT2D eigenvalue weighted by atomic mass is 15.1. The lowest BCUT2D eigenvalue weighted by atomic mass is 9.60. The van der Waals surface area contributed by atoms with Crippen molar-refractivity contribution >= 4 is 34.1 Å². The topological polar surface area (TPSA) is 6.48 Å². The van der Waals surface area contributed by atoms with Gasteiger partial charge in [-0.25, -0.2) is 0 Å². The number of nitrogens with zero attached hydrogens (tertiary/aromatic N) is 2. The second kappa shape index (κ2) is 16.9. The van der Waals surface area contributed by atoms with Crippen LogP contribution in [0.15, 0.2) is 200 Å². The molecule has 2 bridgehead atoms. The van der Waals surface area contributed by atoms with Crippen LogP contribution in [0.3, 0.4) is 0 Å². The van der Waals surface area contributed by atoms with Crippen LogP contribution in [0.4, 0.5) is 34.1 Å². The third-order valence-electron chi connectivity index (χ3n) is 17.0. The molecule has 332 valence electrons. The Bertz CT molecular complexity index is 3010. The van der Waals surface area contributed by atoms with Crippen LogP contribution in [0.5, 0.6) is 0 Å². The molecule has 8 aromatic carbocycles. The van der Waals surface area contributed by atoms with Gasteiger partial charge >= 0.3 is 0 Å². The highest BCUT2D eigenvalue weighted by Crippen LogP contribution is 2.56. The molecule has 0 aromatic heterocycles. The zero-order valence-corrected chi connectivity index (χ0v) is 39.4. The van der Waals surface area contributed by atoms with Gasteiger partial charge in [-0.1, -0.05) is 167 Å². The Morgan fingerprint density at radius 3 is 1.57 bits per heavy atom.